The zero-order valence-corrected chi connectivity index (χ0v) is 12.3. The number of ether oxygens (including phenoxy) is 1. The number of carboxylic acids is 1. The number of hydrogen-bond donors (Lipinski definition) is 2. The lowest BCUT2D eigenvalue weighted by Crippen LogP contribution is -2.43. The van der Waals surface area contributed by atoms with Crippen molar-refractivity contribution in [2.24, 2.45) is 0 Å². The zero-order chi connectivity index (χ0) is 16.2. The van der Waals surface area contributed by atoms with E-state index < -0.39 is 35.9 Å². The molecule has 0 fully saturated rings. The normalized spacial score (nSPS) is 12.6. The van der Waals surface area contributed by atoms with Crippen molar-refractivity contribution in [2.75, 3.05) is 0 Å². The molecule has 21 heavy (non-hydrogen) atoms. The lowest BCUT2D eigenvalue weighted by atomic mass is 10.1. The first kappa shape index (κ1) is 16.7. The summed E-state index contributed by atoms with van der Waals surface area (Å²) in [6, 6.07) is -0.0359. The molecule has 0 radical (unpaired) electrons. The summed E-state index contributed by atoms with van der Waals surface area (Å²) in [5.74, 6) is -2.37. The number of aromatic nitrogens is 1. The Morgan fingerprint density at radius 2 is 2.05 bits per heavy atom. The number of aliphatic carboxylic acids is 1. The van der Waals surface area contributed by atoms with Gasteiger partial charge in [0, 0.05) is 6.07 Å². The van der Waals surface area contributed by atoms with Gasteiger partial charge >= 0.3 is 11.9 Å². The van der Waals surface area contributed by atoms with Gasteiger partial charge in [0.1, 0.15) is 17.4 Å². The first-order chi connectivity index (χ1) is 9.58. The molecule has 0 saturated heterocycles. The number of carboxylic acid groups (broad SMARTS) is 1. The Morgan fingerprint density at radius 1 is 1.43 bits per heavy atom. The molecule has 1 atom stereocenters. The lowest BCUT2D eigenvalue weighted by Gasteiger charge is -2.21. The van der Waals surface area contributed by atoms with Crippen LogP contribution in [0.1, 0.15) is 43.4 Å². The third-order valence-corrected chi connectivity index (χ3v) is 2.25. The monoisotopic (exact) mass is 298 g/mol. The van der Waals surface area contributed by atoms with Gasteiger partial charge in [-0.15, -0.1) is 0 Å². The summed E-state index contributed by atoms with van der Waals surface area (Å²) >= 11 is 0. The fourth-order valence-corrected chi connectivity index (χ4v) is 1.46. The minimum atomic E-state index is -1.40. The van der Waals surface area contributed by atoms with Gasteiger partial charge in [-0.25, -0.2) is 4.79 Å². The first-order valence-electron chi connectivity index (χ1n) is 6.27. The van der Waals surface area contributed by atoms with Gasteiger partial charge in [-0.1, -0.05) is 5.16 Å². The molecule has 8 heteroatoms. The smallest absolute Gasteiger partial charge is 0.326 e. The first-order valence-corrected chi connectivity index (χ1v) is 6.27. The van der Waals surface area contributed by atoms with E-state index in [0.717, 1.165) is 0 Å². The van der Waals surface area contributed by atoms with Crippen LogP contribution in [0.2, 0.25) is 0 Å². The summed E-state index contributed by atoms with van der Waals surface area (Å²) in [5.41, 5.74) is -0.782. The van der Waals surface area contributed by atoms with Crippen molar-refractivity contribution in [1.29, 1.82) is 0 Å². The molecule has 0 aliphatic rings. The van der Waals surface area contributed by atoms with E-state index in [4.69, 9.17) is 14.4 Å². The fourth-order valence-electron chi connectivity index (χ4n) is 1.46. The number of hydrogen-bond acceptors (Lipinski definition) is 6. The topological polar surface area (TPSA) is 119 Å². The van der Waals surface area contributed by atoms with E-state index in [0.29, 0.717) is 5.76 Å². The van der Waals surface area contributed by atoms with Crippen LogP contribution in [-0.4, -0.2) is 39.8 Å². The van der Waals surface area contributed by atoms with Crippen LogP contribution in [0.5, 0.6) is 0 Å². The maximum Gasteiger partial charge on any atom is 0.326 e. The van der Waals surface area contributed by atoms with Gasteiger partial charge in [-0.3, -0.25) is 9.59 Å². The summed E-state index contributed by atoms with van der Waals surface area (Å²) in [6.45, 7) is 6.59. The number of carbonyl (C=O) groups is 3. The van der Waals surface area contributed by atoms with E-state index in [-0.39, 0.29) is 5.69 Å². The molecule has 1 heterocycles. The van der Waals surface area contributed by atoms with Gasteiger partial charge in [-0.2, -0.15) is 0 Å². The second kappa shape index (κ2) is 6.38. The SMILES string of the molecule is Cc1cc(C(=O)N[C@@H](CC(=O)OC(C)(C)C)C(=O)O)no1. The highest BCUT2D eigenvalue weighted by Gasteiger charge is 2.27. The van der Waals surface area contributed by atoms with Crippen LogP contribution in [0, 0.1) is 6.92 Å². The number of rotatable bonds is 5. The second-order valence-electron chi connectivity index (χ2n) is 5.48. The molecule has 0 bridgehead atoms. The van der Waals surface area contributed by atoms with Crippen molar-refractivity contribution < 1.29 is 28.8 Å². The highest BCUT2D eigenvalue weighted by molar-refractivity contribution is 5.95. The molecule has 0 saturated carbocycles. The molecular weight excluding hydrogens is 280 g/mol. The van der Waals surface area contributed by atoms with Crippen molar-refractivity contribution in [2.45, 2.75) is 45.8 Å². The number of amides is 1. The summed E-state index contributed by atoms with van der Waals surface area (Å²) in [6.07, 6.45) is -0.477. The van der Waals surface area contributed by atoms with E-state index >= 15 is 0 Å². The van der Waals surface area contributed by atoms with E-state index in [2.05, 4.69) is 10.5 Å². The summed E-state index contributed by atoms with van der Waals surface area (Å²) in [7, 11) is 0. The van der Waals surface area contributed by atoms with Crippen LogP contribution in [-0.2, 0) is 14.3 Å². The Balaban J connectivity index is 2.68. The third-order valence-electron chi connectivity index (χ3n) is 2.25. The van der Waals surface area contributed by atoms with Crippen molar-refractivity contribution in [1.82, 2.24) is 10.5 Å². The molecule has 0 unspecified atom stereocenters. The number of nitrogens with zero attached hydrogens (tertiary/aromatic N) is 1. The van der Waals surface area contributed by atoms with Crippen LogP contribution in [0.25, 0.3) is 0 Å². The Labute approximate surface area is 121 Å². The molecule has 8 nitrogen and oxygen atoms in total. The predicted octanol–water partition coefficient (Wildman–Crippen LogP) is 0.898. The molecule has 1 amide bonds. The number of carbonyl (C=O) groups excluding carboxylic acids is 2. The lowest BCUT2D eigenvalue weighted by molar-refractivity contribution is -0.158. The van der Waals surface area contributed by atoms with Gasteiger partial charge in [0.2, 0.25) is 0 Å². The Bertz CT molecular complexity index is 543. The molecule has 0 aliphatic heterocycles. The van der Waals surface area contributed by atoms with Crippen molar-refractivity contribution in [3.8, 4) is 0 Å². The van der Waals surface area contributed by atoms with Crippen LogP contribution in [0.3, 0.4) is 0 Å². The van der Waals surface area contributed by atoms with Crippen LogP contribution >= 0.6 is 0 Å². The van der Waals surface area contributed by atoms with Crippen molar-refractivity contribution >= 4 is 17.8 Å². The average molecular weight is 298 g/mol. The highest BCUT2D eigenvalue weighted by Crippen LogP contribution is 2.10. The minimum absolute atomic E-state index is 0.0528. The summed E-state index contributed by atoms with van der Waals surface area (Å²) in [4.78, 5) is 34.5. The number of aryl methyl sites for hydroxylation is 1. The van der Waals surface area contributed by atoms with E-state index in [1.807, 2.05) is 0 Å². The summed E-state index contributed by atoms with van der Waals surface area (Å²) in [5, 5.41) is 14.7. The standard InChI is InChI=1S/C13H18N2O6/c1-7-5-8(15-21-7)11(17)14-9(12(18)19)6-10(16)20-13(2,3)4/h5,9H,6H2,1-4H3,(H,14,17)(H,18,19)/t9-/m0/s1. The van der Waals surface area contributed by atoms with Crippen molar-refractivity contribution in [3.05, 3.63) is 17.5 Å². The van der Waals surface area contributed by atoms with E-state index in [1.165, 1.54) is 6.07 Å². The van der Waals surface area contributed by atoms with Crippen LogP contribution < -0.4 is 5.32 Å². The maximum absolute atomic E-state index is 11.8. The molecule has 1 rings (SSSR count). The quantitative estimate of drug-likeness (QED) is 0.775. The highest BCUT2D eigenvalue weighted by atomic mass is 16.6. The Kier molecular flexibility index (Phi) is 5.07. The Morgan fingerprint density at radius 3 is 2.48 bits per heavy atom. The van der Waals surface area contributed by atoms with Gasteiger partial charge < -0.3 is 19.7 Å². The second-order valence-corrected chi connectivity index (χ2v) is 5.48. The molecule has 0 aromatic carbocycles. The largest absolute Gasteiger partial charge is 0.480 e. The summed E-state index contributed by atoms with van der Waals surface area (Å²) < 4.78 is 9.75. The predicted molar refractivity (Wildman–Crippen MR) is 70.6 cm³/mol. The van der Waals surface area contributed by atoms with Crippen LogP contribution in [0.4, 0.5) is 0 Å². The number of esters is 1. The molecule has 0 spiro atoms. The van der Waals surface area contributed by atoms with Crippen molar-refractivity contribution in [3.63, 3.8) is 0 Å². The number of nitrogens with one attached hydrogen (secondary N) is 1. The molecule has 1 aromatic heterocycles. The zero-order valence-electron chi connectivity index (χ0n) is 12.3. The maximum atomic E-state index is 11.8. The fraction of sp³-hybridized carbons (Fsp3) is 0.538. The Hall–Kier alpha value is -2.38. The molecular formula is C13H18N2O6. The average Bonchev–Trinajstić information content (AvgIpc) is 2.72. The van der Waals surface area contributed by atoms with Gasteiger partial charge in [0.05, 0.1) is 6.42 Å². The molecule has 0 aliphatic carbocycles. The molecule has 1 aromatic rings. The minimum Gasteiger partial charge on any atom is -0.480 e. The molecule has 116 valence electrons. The van der Waals surface area contributed by atoms with Crippen LogP contribution in [0.15, 0.2) is 10.6 Å². The van der Waals surface area contributed by atoms with Gasteiger partial charge in [0.25, 0.3) is 5.91 Å². The molecule has 2 N–H and O–H groups in total. The van der Waals surface area contributed by atoms with Gasteiger partial charge in [-0.05, 0) is 27.7 Å². The van der Waals surface area contributed by atoms with E-state index in [9.17, 15) is 14.4 Å². The van der Waals surface area contributed by atoms with E-state index in [1.54, 1.807) is 27.7 Å². The van der Waals surface area contributed by atoms with Gasteiger partial charge in [0.15, 0.2) is 5.69 Å². The third kappa shape index (κ3) is 5.64.